The van der Waals surface area contributed by atoms with E-state index in [4.69, 9.17) is 0 Å². The number of carbonyl (C=O) groups excluding carboxylic acids is 2. The van der Waals surface area contributed by atoms with Crippen LogP contribution < -0.4 is 10.6 Å². The Bertz CT molecular complexity index is 230. The predicted molar refractivity (Wildman–Crippen MR) is 52.7 cm³/mol. The Balaban J connectivity index is 2.58. The molecule has 0 bridgehead atoms. The summed E-state index contributed by atoms with van der Waals surface area (Å²) >= 11 is 0. The first-order chi connectivity index (χ1) is 6.65. The summed E-state index contributed by atoms with van der Waals surface area (Å²) in [4.78, 5) is 24.5. The lowest BCUT2D eigenvalue weighted by Gasteiger charge is -2.25. The molecule has 1 rings (SSSR count). The van der Waals surface area contributed by atoms with Crippen LogP contribution in [0.25, 0.3) is 0 Å². The van der Waals surface area contributed by atoms with Crippen LogP contribution in [0.2, 0.25) is 0 Å². The topological polar surface area (TPSA) is 61.4 Å². The Hall–Kier alpha value is -1.10. The second kappa shape index (κ2) is 4.95. The van der Waals surface area contributed by atoms with Gasteiger partial charge in [0.25, 0.3) is 0 Å². The first-order valence-electron chi connectivity index (χ1n) is 4.86. The number of carbonyl (C=O) groups is 2. The number of nitrogens with zero attached hydrogens (tertiary/aromatic N) is 1. The van der Waals surface area contributed by atoms with E-state index in [2.05, 4.69) is 10.6 Å². The molecule has 1 unspecified atom stereocenters. The molecule has 1 atom stereocenters. The number of hydrogen-bond acceptors (Lipinski definition) is 3. The molecule has 5 heteroatoms. The van der Waals surface area contributed by atoms with E-state index in [1.165, 1.54) is 0 Å². The third-order valence-corrected chi connectivity index (χ3v) is 2.34. The minimum Gasteiger partial charge on any atom is -0.354 e. The van der Waals surface area contributed by atoms with Crippen molar-refractivity contribution in [2.75, 3.05) is 26.7 Å². The van der Waals surface area contributed by atoms with Crippen LogP contribution in [-0.2, 0) is 9.59 Å². The molecule has 0 radical (unpaired) electrons. The van der Waals surface area contributed by atoms with E-state index >= 15 is 0 Å². The molecule has 1 heterocycles. The molecule has 14 heavy (non-hydrogen) atoms. The van der Waals surface area contributed by atoms with Gasteiger partial charge in [0.2, 0.25) is 11.8 Å². The van der Waals surface area contributed by atoms with Gasteiger partial charge in [0.15, 0.2) is 0 Å². The average molecular weight is 199 g/mol. The SMILES string of the molecule is CNCC(=O)N1CCNC(=O)CC1C. The van der Waals surface area contributed by atoms with E-state index < -0.39 is 0 Å². The maximum Gasteiger partial charge on any atom is 0.236 e. The van der Waals surface area contributed by atoms with E-state index in [-0.39, 0.29) is 17.9 Å². The fraction of sp³-hybridized carbons (Fsp3) is 0.778. The van der Waals surface area contributed by atoms with Crippen molar-refractivity contribution >= 4 is 11.8 Å². The number of hydrogen-bond donors (Lipinski definition) is 2. The van der Waals surface area contributed by atoms with E-state index in [1.807, 2.05) is 6.92 Å². The van der Waals surface area contributed by atoms with Gasteiger partial charge in [-0.25, -0.2) is 0 Å². The van der Waals surface area contributed by atoms with Crippen molar-refractivity contribution in [2.45, 2.75) is 19.4 Å². The first kappa shape index (κ1) is 11.0. The molecule has 5 nitrogen and oxygen atoms in total. The Morgan fingerprint density at radius 2 is 2.43 bits per heavy atom. The van der Waals surface area contributed by atoms with Crippen LogP contribution in [0.15, 0.2) is 0 Å². The lowest BCUT2D eigenvalue weighted by Crippen LogP contribution is -2.43. The standard InChI is InChI=1S/C9H17N3O2/c1-7-5-8(13)11-3-4-12(7)9(14)6-10-2/h7,10H,3-6H2,1-2H3,(H,11,13). The zero-order chi connectivity index (χ0) is 10.6. The second-order valence-electron chi connectivity index (χ2n) is 3.52. The summed E-state index contributed by atoms with van der Waals surface area (Å²) < 4.78 is 0. The van der Waals surface area contributed by atoms with E-state index in [9.17, 15) is 9.59 Å². The van der Waals surface area contributed by atoms with Gasteiger partial charge in [-0.05, 0) is 14.0 Å². The van der Waals surface area contributed by atoms with Gasteiger partial charge in [-0.2, -0.15) is 0 Å². The third kappa shape index (κ3) is 2.70. The zero-order valence-corrected chi connectivity index (χ0v) is 8.67. The molecule has 2 amide bonds. The van der Waals surface area contributed by atoms with Gasteiger partial charge in [0.05, 0.1) is 6.54 Å². The van der Waals surface area contributed by atoms with Gasteiger partial charge in [0, 0.05) is 25.6 Å². The number of amides is 2. The molecule has 1 saturated heterocycles. The fourth-order valence-corrected chi connectivity index (χ4v) is 1.61. The van der Waals surface area contributed by atoms with Crippen LogP contribution in [-0.4, -0.2) is 49.4 Å². The molecular weight excluding hydrogens is 182 g/mol. The second-order valence-corrected chi connectivity index (χ2v) is 3.52. The summed E-state index contributed by atoms with van der Waals surface area (Å²) in [5.41, 5.74) is 0. The molecule has 80 valence electrons. The van der Waals surface area contributed by atoms with Gasteiger partial charge in [0.1, 0.15) is 0 Å². The van der Waals surface area contributed by atoms with Crippen LogP contribution in [0, 0.1) is 0 Å². The Labute approximate surface area is 83.8 Å². The van der Waals surface area contributed by atoms with Crippen molar-refractivity contribution in [3.05, 3.63) is 0 Å². The number of likely N-dealkylation sites (N-methyl/N-ethyl adjacent to an activating group) is 1. The minimum atomic E-state index is -0.00153. The normalized spacial score (nSPS) is 22.9. The van der Waals surface area contributed by atoms with Crippen molar-refractivity contribution in [3.8, 4) is 0 Å². The highest BCUT2D eigenvalue weighted by Crippen LogP contribution is 2.06. The summed E-state index contributed by atoms with van der Waals surface area (Å²) in [6.45, 7) is 3.39. The Morgan fingerprint density at radius 3 is 3.07 bits per heavy atom. The minimum absolute atomic E-state index is 0.00153. The zero-order valence-electron chi connectivity index (χ0n) is 8.67. The van der Waals surface area contributed by atoms with Gasteiger partial charge in [-0.15, -0.1) is 0 Å². The van der Waals surface area contributed by atoms with Crippen molar-refractivity contribution < 1.29 is 9.59 Å². The molecular formula is C9H17N3O2. The average Bonchev–Trinajstić information content (AvgIpc) is 2.27. The van der Waals surface area contributed by atoms with Gasteiger partial charge >= 0.3 is 0 Å². The quantitative estimate of drug-likeness (QED) is 0.596. The maximum atomic E-state index is 11.6. The summed E-state index contributed by atoms with van der Waals surface area (Å²) in [5, 5.41) is 5.57. The monoisotopic (exact) mass is 199 g/mol. The van der Waals surface area contributed by atoms with Crippen LogP contribution in [0.3, 0.4) is 0 Å². The number of rotatable bonds is 2. The summed E-state index contributed by atoms with van der Waals surface area (Å²) in [7, 11) is 1.74. The highest BCUT2D eigenvalue weighted by Gasteiger charge is 2.24. The van der Waals surface area contributed by atoms with E-state index in [0.717, 1.165) is 0 Å². The fourth-order valence-electron chi connectivity index (χ4n) is 1.61. The summed E-state index contributed by atoms with van der Waals surface area (Å²) in [5.74, 6) is 0.0776. The van der Waals surface area contributed by atoms with Crippen LogP contribution in [0.1, 0.15) is 13.3 Å². The molecule has 1 fully saturated rings. The Kier molecular flexibility index (Phi) is 3.88. The molecule has 0 aromatic rings. The van der Waals surface area contributed by atoms with Crippen molar-refractivity contribution in [2.24, 2.45) is 0 Å². The molecule has 0 aliphatic carbocycles. The van der Waals surface area contributed by atoms with E-state index in [0.29, 0.717) is 26.1 Å². The van der Waals surface area contributed by atoms with Crippen molar-refractivity contribution in [3.63, 3.8) is 0 Å². The molecule has 0 aromatic heterocycles. The Morgan fingerprint density at radius 1 is 1.71 bits per heavy atom. The van der Waals surface area contributed by atoms with Crippen molar-refractivity contribution in [1.29, 1.82) is 0 Å². The predicted octanol–water partition coefficient (Wildman–Crippen LogP) is -1.06. The molecule has 1 aliphatic rings. The maximum absolute atomic E-state index is 11.6. The van der Waals surface area contributed by atoms with Gasteiger partial charge < -0.3 is 15.5 Å². The highest BCUT2D eigenvalue weighted by molar-refractivity contribution is 5.81. The summed E-state index contributed by atoms with van der Waals surface area (Å²) in [6, 6.07) is -0.00153. The first-order valence-corrected chi connectivity index (χ1v) is 4.86. The molecule has 0 saturated carbocycles. The molecule has 0 aromatic carbocycles. The lowest BCUT2D eigenvalue weighted by atomic mass is 10.2. The van der Waals surface area contributed by atoms with Gasteiger partial charge in [-0.1, -0.05) is 0 Å². The van der Waals surface area contributed by atoms with Crippen LogP contribution in [0.4, 0.5) is 0 Å². The highest BCUT2D eigenvalue weighted by atomic mass is 16.2. The smallest absolute Gasteiger partial charge is 0.236 e. The van der Waals surface area contributed by atoms with E-state index in [1.54, 1.807) is 11.9 Å². The third-order valence-electron chi connectivity index (χ3n) is 2.34. The molecule has 0 spiro atoms. The molecule has 2 N–H and O–H groups in total. The molecule has 1 aliphatic heterocycles. The largest absolute Gasteiger partial charge is 0.354 e. The van der Waals surface area contributed by atoms with Crippen LogP contribution in [0.5, 0.6) is 0 Å². The van der Waals surface area contributed by atoms with Gasteiger partial charge in [-0.3, -0.25) is 9.59 Å². The summed E-state index contributed by atoms with van der Waals surface area (Å²) in [6.07, 6.45) is 0.398. The van der Waals surface area contributed by atoms with Crippen molar-refractivity contribution in [1.82, 2.24) is 15.5 Å². The van der Waals surface area contributed by atoms with Crippen LogP contribution >= 0.6 is 0 Å². The lowest BCUT2D eigenvalue weighted by molar-refractivity contribution is -0.132. The number of nitrogens with one attached hydrogen (secondary N) is 2.